The van der Waals surface area contributed by atoms with Crippen molar-refractivity contribution in [3.05, 3.63) is 59.7 Å². The zero-order valence-electron chi connectivity index (χ0n) is 11.1. The van der Waals surface area contributed by atoms with Crippen LogP contribution in [0.25, 0.3) is 0 Å². The van der Waals surface area contributed by atoms with Gasteiger partial charge in [-0.25, -0.2) is 0 Å². The highest BCUT2D eigenvalue weighted by molar-refractivity contribution is 6.12. The number of carbonyl (C=O) groups excluding carboxylic acids is 1. The first-order valence-electron chi connectivity index (χ1n) is 6.28. The van der Waals surface area contributed by atoms with Gasteiger partial charge < -0.3 is 10.1 Å². The molecule has 0 atom stereocenters. The molecule has 1 N–H and O–H groups in total. The molecule has 0 fully saturated rings. The number of carbonyl (C=O) groups is 1. The Labute approximate surface area is 113 Å². The zero-order chi connectivity index (χ0) is 13.7. The Hall–Kier alpha value is -2.29. The third-order valence-electron chi connectivity index (χ3n) is 2.87. The Morgan fingerprint density at radius 1 is 1.16 bits per heavy atom. The third-order valence-corrected chi connectivity index (χ3v) is 2.87. The molecule has 2 aromatic rings. The van der Waals surface area contributed by atoms with E-state index in [0.717, 1.165) is 12.2 Å². The highest BCUT2D eigenvalue weighted by Gasteiger charge is 2.14. The van der Waals surface area contributed by atoms with Crippen molar-refractivity contribution in [3.63, 3.8) is 0 Å². The van der Waals surface area contributed by atoms with E-state index in [4.69, 9.17) is 4.74 Å². The molecule has 2 rings (SSSR count). The summed E-state index contributed by atoms with van der Waals surface area (Å²) in [7, 11) is 1.60. The lowest BCUT2D eigenvalue weighted by atomic mass is 10.0. The number of methoxy groups -OCH3 is 1. The summed E-state index contributed by atoms with van der Waals surface area (Å²) in [4.78, 5) is 12.5. The van der Waals surface area contributed by atoms with Crippen molar-refractivity contribution in [2.45, 2.75) is 6.92 Å². The van der Waals surface area contributed by atoms with E-state index >= 15 is 0 Å². The monoisotopic (exact) mass is 255 g/mol. The van der Waals surface area contributed by atoms with Crippen LogP contribution in [0.15, 0.2) is 48.5 Å². The van der Waals surface area contributed by atoms with Crippen LogP contribution in [0.3, 0.4) is 0 Å². The molecule has 19 heavy (non-hydrogen) atoms. The predicted octanol–water partition coefficient (Wildman–Crippen LogP) is 3.36. The first kappa shape index (κ1) is 13.1. The summed E-state index contributed by atoms with van der Waals surface area (Å²) >= 11 is 0. The average Bonchev–Trinajstić information content (AvgIpc) is 2.48. The highest BCUT2D eigenvalue weighted by Crippen LogP contribution is 2.24. The van der Waals surface area contributed by atoms with Crippen molar-refractivity contribution in [1.82, 2.24) is 0 Å². The molecule has 3 nitrogen and oxygen atoms in total. The third kappa shape index (κ3) is 2.94. The van der Waals surface area contributed by atoms with E-state index in [2.05, 4.69) is 5.32 Å². The van der Waals surface area contributed by atoms with Crippen LogP contribution in [-0.4, -0.2) is 19.4 Å². The van der Waals surface area contributed by atoms with E-state index in [0.29, 0.717) is 16.9 Å². The molecule has 98 valence electrons. The molecular weight excluding hydrogens is 238 g/mol. The van der Waals surface area contributed by atoms with Crippen molar-refractivity contribution < 1.29 is 9.53 Å². The summed E-state index contributed by atoms with van der Waals surface area (Å²) < 4.78 is 5.19. The van der Waals surface area contributed by atoms with E-state index in [-0.39, 0.29) is 5.78 Å². The smallest absolute Gasteiger partial charge is 0.195 e. The maximum absolute atomic E-state index is 12.5. The zero-order valence-corrected chi connectivity index (χ0v) is 11.1. The molecular formula is C16H17NO2. The second kappa shape index (κ2) is 6.05. The number of rotatable bonds is 5. The molecule has 0 radical (unpaired) electrons. The average molecular weight is 255 g/mol. The predicted molar refractivity (Wildman–Crippen MR) is 77.0 cm³/mol. The molecule has 0 aliphatic rings. The normalized spacial score (nSPS) is 10.0. The van der Waals surface area contributed by atoms with Crippen LogP contribution >= 0.6 is 0 Å². The number of benzene rings is 2. The van der Waals surface area contributed by atoms with E-state index in [1.54, 1.807) is 13.2 Å². The molecule has 3 heteroatoms. The number of nitrogens with one attached hydrogen (secondary N) is 1. The fraction of sp³-hybridized carbons (Fsp3) is 0.188. The standard InChI is InChI=1S/C16H17NO2/c1-3-17-15-10-9-13(19-2)11-14(15)16(18)12-7-5-4-6-8-12/h4-11,17H,3H2,1-2H3. The molecule has 0 spiro atoms. The maximum atomic E-state index is 12.5. The number of ketones is 1. The number of anilines is 1. The molecule has 0 bridgehead atoms. The van der Waals surface area contributed by atoms with Gasteiger partial charge in [-0.2, -0.15) is 0 Å². The van der Waals surface area contributed by atoms with Gasteiger partial charge in [0.15, 0.2) is 5.78 Å². The summed E-state index contributed by atoms with van der Waals surface area (Å²) in [6.07, 6.45) is 0. The molecule has 0 aliphatic carbocycles. The summed E-state index contributed by atoms with van der Waals surface area (Å²) in [6.45, 7) is 2.77. The Morgan fingerprint density at radius 3 is 2.53 bits per heavy atom. The topological polar surface area (TPSA) is 38.3 Å². The lowest BCUT2D eigenvalue weighted by molar-refractivity contribution is 0.103. The van der Waals surface area contributed by atoms with Crippen molar-refractivity contribution in [2.75, 3.05) is 19.0 Å². The van der Waals surface area contributed by atoms with Gasteiger partial charge in [-0.3, -0.25) is 4.79 Å². The Bertz CT molecular complexity index is 564. The summed E-state index contributed by atoms with van der Waals surface area (Å²) in [5.74, 6) is 0.677. The molecule has 0 aliphatic heterocycles. The maximum Gasteiger partial charge on any atom is 0.195 e. The fourth-order valence-electron chi connectivity index (χ4n) is 1.93. The molecule has 0 amide bonds. The van der Waals surface area contributed by atoms with Crippen molar-refractivity contribution in [3.8, 4) is 5.75 Å². The van der Waals surface area contributed by atoms with Crippen molar-refractivity contribution >= 4 is 11.5 Å². The van der Waals surface area contributed by atoms with E-state index in [1.165, 1.54) is 0 Å². The van der Waals surface area contributed by atoms with Crippen LogP contribution in [0.2, 0.25) is 0 Å². The summed E-state index contributed by atoms with van der Waals surface area (Å²) in [5.41, 5.74) is 2.14. The van der Waals surface area contributed by atoms with Crippen LogP contribution in [0.1, 0.15) is 22.8 Å². The molecule has 2 aromatic carbocycles. The highest BCUT2D eigenvalue weighted by atomic mass is 16.5. The minimum atomic E-state index is -0.00421. The summed E-state index contributed by atoms with van der Waals surface area (Å²) in [5, 5.41) is 3.20. The van der Waals surface area contributed by atoms with E-state index < -0.39 is 0 Å². The second-order valence-electron chi connectivity index (χ2n) is 4.14. The Kier molecular flexibility index (Phi) is 4.18. The van der Waals surface area contributed by atoms with E-state index in [1.807, 2.05) is 49.4 Å². The molecule has 0 saturated heterocycles. The number of hydrogen-bond donors (Lipinski definition) is 1. The lowest BCUT2D eigenvalue weighted by Gasteiger charge is -2.11. The summed E-state index contributed by atoms with van der Waals surface area (Å²) in [6, 6.07) is 14.7. The van der Waals surface area contributed by atoms with Gasteiger partial charge in [-0.15, -0.1) is 0 Å². The van der Waals surface area contributed by atoms with Crippen molar-refractivity contribution in [1.29, 1.82) is 0 Å². The van der Waals surface area contributed by atoms with Crippen molar-refractivity contribution in [2.24, 2.45) is 0 Å². The van der Waals surface area contributed by atoms with Gasteiger partial charge in [0, 0.05) is 23.4 Å². The minimum Gasteiger partial charge on any atom is -0.497 e. The molecule has 0 aromatic heterocycles. The first-order valence-corrected chi connectivity index (χ1v) is 6.28. The lowest BCUT2D eigenvalue weighted by Crippen LogP contribution is -2.08. The number of hydrogen-bond acceptors (Lipinski definition) is 3. The van der Waals surface area contributed by atoms with Crippen LogP contribution in [0, 0.1) is 0 Å². The number of ether oxygens (including phenoxy) is 1. The van der Waals surface area contributed by atoms with Crippen LogP contribution in [-0.2, 0) is 0 Å². The van der Waals surface area contributed by atoms with Gasteiger partial charge >= 0.3 is 0 Å². The fourth-order valence-corrected chi connectivity index (χ4v) is 1.93. The van der Waals surface area contributed by atoms with Crippen LogP contribution in [0.5, 0.6) is 5.75 Å². The Morgan fingerprint density at radius 2 is 1.89 bits per heavy atom. The van der Waals surface area contributed by atoms with Gasteiger partial charge in [0.2, 0.25) is 0 Å². The Balaban J connectivity index is 2.44. The van der Waals surface area contributed by atoms with Gasteiger partial charge in [0.05, 0.1) is 7.11 Å². The molecule has 0 unspecified atom stereocenters. The minimum absolute atomic E-state index is 0.00421. The molecule has 0 saturated carbocycles. The molecule has 0 heterocycles. The first-order chi connectivity index (χ1) is 9.26. The van der Waals surface area contributed by atoms with Crippen LogP contribution < -0.4 is 10.1 Å². The quantitative estimate of drug-likeness (QED) is 0.832. The van der Waals surface area contributed by atoms with Gasteiger partial charge in [0.25, 0.3) is 0 Å². The van der Waals surface area contributed by atoms with E-state index in [9.17, 15) is 4.79 Å². The second-order valence-corrected chi connectivity index (χ2v) is 4.14. The van der Waals surface area contributed by atoms with Crippen LogP contribution in [0.4, 0.5) is 5.69 Å². The SMILES string of the molecule is CCNc1ccc(OC)cc1C(=O)c1ccccc1. The van der Waals surface area contributed by atoms with Gasteiger partial charge in [-0.05, 0) is 25.1 Å². The van der Waals surface area contributed by atoms with Gasteiger partial charge in [-0.1, -0.05) is 30.3 Å². The van der Waals surface area contributed by atoms with Gasteiger partial charge in [0.1, 0.15) is 5.75 Å². The largest absolute Gasteiger partial charge is 0.497 e.